The molecule has 5 nitrogen and oxygen atoms in total. The first-order chi connectivity index (χ1) is 27.9. The number of nitrogens with zero attached hydrogens (tertiary/aromatic N) is 3. The van der Waals surface area contributed by atoms with Gasteiger partial charge in [0.05, 0.1) is 5.58 Å². The van der Waals surface area contributed by atoms with E-state index in [1.54, 1.807) is 6.20 Å². The van der Waals surface area contributed by atoms with Crippen LogP contribution >= 0.6 is 0 Å². The predicted molar refractivity (Wildman–Crippen MR) is 232 cm³/mol. The van der Waals surface area contributed by atoms with Crippen molar-refractivity contribution in [1.29, 1.82) is 0 Å². The van der Waals surface area contributed by atoms with Crippen molar-refractivity contribution >= 4 is 65.3 Å². The average molecular weight is 929 g/mol. The topological polar surface area (TPSA) is 53.1 Å². The van der Waals surface area contributed by atoms with Gasteiger partial charge in [0.25, 0.3) is 0 Å². The number of rotatable bonds is 5. The van der Waals surface area contributed by atoms with Gasteiger partial charge in [-0.25, -0.2) is 4.98 Å². The number of pyridine rings is 2. The third-order valence-electron chi connectivity index (χ3n) is 11.1. The van der Waals surface area contributed by atoms with Crippen LogP contribution in [0.1, 0.15) is 26.3 Å². The van der Waals surface area contributed by atoms with Crippen molar-refractivity contribution in [2.24, 2.45) is 0 Å². The van der Waals surface area contributed by atoms with Gasteiger partial charge in [0.2, 0.25) is 0 Å². The molecule has 0 atom stereocenters. The quantitative estimate of drug-likeness (QED) is 0.127. The Labute approximate surface area is 349 Å². The van der Waals surface area contributed by atoms with Gasteiger partial charge in [0.1, 0.15) is 11.4 Å². The fourth-order valence-corrected chi connectivity index (χ4v) is 8.29. The average Bonchev–Trinajstić information content (AvgIpc) is 3.77. The number of ether oxygens (including phenoxy) is 1. The minimum Gasteiger partial charge on any atom is -0.503 e. The van der Waals surface area contributed by atoms with Crippen LogP contribution in [0.3, 0.4) is 0 Å². The van der Waals surface area contributed by atoms with Crippen molar-refractivity contribution in [3.63, 3.8) is 0 Å². The maximum atomic E-state index is 6.75. The molecule has 0 radical (unpaired) electrons. The Bertz CT molecular complexity index is 3360. The molecule has 11 aromatic rings. The standard InChI is InChI=1S/C52H35N3O2.Pt/c1-52(2,3)34-22-24-54-50(27-34)55-47-19-10-9-17-39(47)40-21-20-35(30-48(40)55)56-36-28-44-43-31-42-33(26-49(43)57-51(44)45(29-36)46-18-11-12-23-53-46)25-41(32-13-5-4-6-14-32)37-15-7-8-16-38(37)42;/h4-28,31H,1-3H3;/q-2;+2. The zero-order valence-electron chi connectivity index (χ0n) is 32.0. The van der Waals surface area contributed by atoms with Gasteiger partial charge in [-0.15, -0.1) is 17.5 Å². The molecule has 0 saturated carbocycles. The van der Waals surface area contributed by atoms with Gasteiger partial charge in [0, 0.05) is 34.8 Å². The smallest absolute Gasteiger partial charge is 0.503 e. The molecule has 0 N–H and O–H groups in total. The van der Waals surface area contributed by atoms with Crippen LogP contribution in [-0.4, -0.2) is 14.5 Å². The largest absolute Gasteiger partial charge is 2.00 e. The van der Waals surface area contributed by atoms with Crippen LogP contribution in [0.4, 0.5) is 0 Å². The van der Waals surface area contributed by atoms with Crippen molar-refractivity contribution < 1.29 is 30.2 Å². The molecule has 0 bridgehead atoms. The number of furan rings is 1. The van der Waals surface area contributed by atoms with E-state index < -0.39 is 0 Å². The summed E-state index contributed by atoms with van der Waals surface area (Å²) in [7, 11) is 0. The summed E-state index contributed by atoms with van der Waals surface area (Å²) in [6.07, 6.45) is 3.68. The van der Waals surface area contributed by atoms with Gasteiger partial charge in [0.15, 0.2) is 0 Å². The molecular weight excluding hydrogens is 894 g/mol. The van der Waals surface area contributed by atoms with Crippen LogP contribution in [0.15, 0.2) is 162 Å². The molecule has 280 valence electrons. The molecular formula is C52H35N3O2Pt. The number of aromatic nitrogens is 3. The van der Waals surface area contributed by atoms with E-state index in [0.717, 1.165) is 66.0 Å². The fourth-order valence-electron chi connectivity index (χ4n) is 8.29. The van der Waals surface area contributed by atoms with E-state index in [2.05, 4.69) is 153 Å². The van der Waals surface area contributed by atoms with E-state index in [4.69, 9.17) is 19.1 Å². The van der Waals surface area contributed by atoms with Crippen molar-refractivity contribution in [3.05, 3.63) is 176 Å². The van der Waals surface area contributed by atoms with Gasteiger partial charge in [-0.1, -0.05) is 134 Å². The molecule has 4 aromatic heterocycles. The Morgan fingerprint density at radius 1 is 0.586 bits per heavy atom. The van der Waals surface area contributed by atoms with Crippen LogP contribution in [0.25, 0.3) is 93.5 Å². The van der Waals surface area contributed by atoms with Crippen molar-refractivity contribution in [1.82, 2.24) is 14.5 Å². The molecule has 6 heteroatoms. The van der Waals surface area contributed by atoms with Crippen LogP contribution in [-0.2, 0) is 26.5 Å². The van der Waals surface area contributed by atoms with Crippen LogP contribution < -0.4 is 4.74 Å². The van der Waals surface area contributed by atoms with Gasteiger partial charge >= 0.3 is 21.1 Å². The number of fused-ring (bicyclic) bond motifs is 9. The van der Waals surface area contributed by atoms with Crippen molar-refractivity contribution in [2.45, 2.75) is 26.2 Å². The maximum absolute atomic E-state index is 6.75. The summed E-state index contributed by atoms with van der Waals surface area (Å²) in [5.41, 5.74) is 8.48. The third-order valence-corrected chi connectivity index (χ3v) is 11.1. The number of benzene rings is 7. The van der Waals surface area contributed by atoms with E-state index in [1.165, 1.54) is 27.5 Å². The zero-order valence-corrected chi connectivity index (χ0v) is 34.3. The third kappa shape index (κ3) is 5.88. The van der Waals surface area contributed by atoms with Crippen molar-refractivity contribution in [2.75, 3.05) is 0 Å². The Morgan fingerprint density at radius 2 is 1.36 bits per heavy atom. The fraction of sp³-hybridized carbons (Fsp3) is 0.0769. The second kappa shape index (κ2) is 13.8. The Balaban J connectivity index is 0.00000408. The molecule has 0 amide bonds. The summed E-state index contributed by atoms with van der Waals surface area (Å²) in [6.45, 7) is 6.66. The second-order valence-corrected chi connectivity index (χ2v) is 15.7. The Hall–Kier alpha value is -6.55. The molecule has 0 spiro atoms. The summed E-state index contributed by atoms with van der Waals surface area (Å²) >= 11 is 0. The van der Waals surface area contributed by atoms with Crippen LogP contribution in [0.2, 0.25) is 0 Å². The first-order valence-corrected chi connectivity index (χ1v) is 19.2. The van der Waals surface area contributed by atoms with E-state index in [9.17, 15) is 0 Å². The molecule has 0 saturated heterocycles. The van der Waals surface area contributed by atoms with E-state index in [1.807, 2.05) is 36.5 Å². The van der Waals surface area contributed by atoms with Crippen LogP contribution in [0, 0.1) is 12.1 Å². The molecule has 11 rings (SSSR count). The monoisotopic (exact) mass is 928 g/mol. The normalized spacial score (nSPS) is 11.9. The van der Waals surface area contributed by atoms with E-state index in [0.29, 0.717) is 17.1 Å². The van der Waals surface area contributed by atoms with E-state index in [-0.39, 0.29) is 26.5 Å². The zero-order chi connectivity index (χ0) is 38.3. The molecule has 4 heterocycles. The first-order valence-electron chi connectivity index (χ1n) is 19.2. The first kappa shape index (κ1) is 35.8. The molecule has 58 heavy (non-hydrogen) atoms. The predicted octanol–water partition coefficient (Wildman–Crippen LogP) is 13.8. The van der Waals surface area contributed by atoms with Crippen LogP contribution in [0.5, 0.6) is 11.5 Å². The Morgan fingerprint density at radius 3 is 2.17 bits per heavy atom. The second-order valence-electron chi connectivity index (χ2n) is 15.7. The molecule has 0 unspecified atom stereocenters. The molecule has 7 aromatic carbocycles. The summed E-state index contributed by atoms with van der Waals surface area (Å²) < 4.78 is 15.7. The van der Waals surface area contributed by atoms with Gasteiger partial charge in [-0.05, 0) is 97.2 Å². The molecule has 0 aliphatic rings. The summed E-state index contributed by atoms with van der Waals surface area (Å²) in [5.74, 6) is 1.95. The maximum Gasteiger partial charge on any atom is 2.00 e. The number of hydrogen-bond acceptors (Lipinski definition) is 4. The van der Waals surface area contributed by atoms with Gasteiger partial charge in [-0.3, -0.25) is 0 Å². The minimum absolute atomic E-state index is 0. The summed E-state index contributed by atoms with van der Waals surface area (Å²) in [6, 6.07) is 57.8. The summed E-state index contributed by atoms with van der Waals surface area (Å²) in [5, 5.41) is 8.79. The Kier molecular flexibility index (Phi) is 8.54. The van der Waals surface area contributed by atoms with E-state index >= 15 is 0 Å². The van der Waals surface area contributed by atoms with Crippen molar-refractivity contribution in [3.8, 4) is 39.7 Å². The number of hydrogen-bond donors (Lipinski definition) is 0. The SMILES string of the molecule is CC(C)(C)c1ccnc(-n2c3[c-]c(Oc4[c-]c(-c5ccccn5)c5oc6cc7cc(-c8ccccc8)c8ccccc8c7cc6c5c4)ccc3c3ccccc32)c1.[Pt+2]. The molecule has 0 aliphatic heterocycles. The molecule has 0 aliphatic carbocycles. The van der Waals surface area contributed by atoms with Gasteiger partial charge in [-0.2, -0.15) is 6.07 Å². The number of para-hydroxylation sites is 1. The van der Waals surface area contributed by atoms with Gasteiger partial charge < -0.3 is 18.7 Å². The summed E-state index contributed by atoms with van der Waals surface area (Å²) in [4.78, 5) is 9.58. The minimum atomic E-state index is -0.0318. The molecule has 0 fully saturated rings.